The smallest absolute Gasteiger partial charge is 0.407 e. The molecule has 0 amide bonds. The van der Waals surface area contributed by atoms with Gasteiger partial charge in [-0.15, -0.1) is 0 Å². The summed E-state index contributed by atoms with van der Waals surface area (Å²) in [6, 6.07) is 15.0. The first-order valence-corrected chi connectivity index (χ1v) is 10.6. The summed E-state index contributed by atoms with van der Waals surface area (Å²) in [6.45, 7) is 4.00. The van der Waals surface area contributed by atoms with Crippen LogP contribution >= 0.6 is 10.7 Å². The van der Waals surface area contributed by atoms with E-state index in [1.807, 2.05) is 58.3 Å². The molecule has 146 valence electrons. The zero-order valence-corrected chi connectivity index (χ0v) is 17.2. The van der Waals surface area contributed by atoms with Crippen LogP contribution in [0.3, 0.4) is 0 Å². The minimum atomic E-state index is -3.79. The van der Waals surface area contributed by atoms with Gasteiger partial charge < -0.3 is 9.73 Å². The van der Waals surface area contributed by atoms with Crippen LogP contribution in [0, 0.1) is 0 Å². The van der Waals surface area contributed by atoms with Crippen molar-refractivity contribution in [2.24, 2.45) is 0 Å². The quantitative estimate of drug-likeness (QED) is 0.634. The van der Waals surface area contributed by atoms with Gasteiger partial charge in [0.25, 0.3) is 9.05 Å². The average molecular weight is 411 g/mol. The first kappa shape index (κ1) is 22.7. The highest BCUT2D eigenvalue weighted by Crippen LogP contribution is 2.30. The van der Waals surface area contributed by atoms with Gasteiger partial charge in [0, 0.05) is 21.8 Å². The number of benzene rings is 2. The van der Waals surface area contributed by atoms with Crippen LogP contribution in [0.5, 0.6) is 0 Å². The van der Waals surface area contributed by atoms with Gasteiger partial charge in [0.05, 0.1) is 10.6 Å². The van der Waals surface area contributed by atoms with Crippen molar-refractivity contribution in [2.75, 3.05) is 14.1 Å². The zero-order valence-electron chi connectivity index (χ0n) is 15.6. The molecule has 0 aliphatic rings. The van der Waals surface area contributed by atoms with Crippen LogP contribution in [0.15, 0.2) is 68.7 Å². The van der Waals surface area contributed by atoms with Crippen LogP contribution in [0.1, 0.15) is 13.8 Å². The predicted molar refractivity (Wildman–Crippen MR) is 110 cm³/mol. The van der Waals surface area contributed by atoms with Gasteiger partial charge in [-0.25, -0.2) is 13.2 Å². The lowest BCUT2D eigenvalue weighted by molar-refractivity contribution is 0.528. The van der Waals surface area contributed by atoms with Crippen molar-refractivity contribution in [3.63, 3.8) is 0 Å². The lowest BCUT2D eigenvalue weighted by Crippen LogP contribution is -1.94. The zero-order chi connectivity index (χ0) is 20.4. The standard InChI is InChI=1S/C15H10ClNO4S.C2H7N.C2H6/c16-22(19,20)12-8-6-11(7-9-12)14-13(17-15(18)21-14)10-4-2-1-3-5-10;1-3-2;1-2/h1-9H,(H,17,18);3H,1-2H3;1-2H3. The molecule has 1 heterocycles. The molecule has 0 atom stereocenters. The molecule has 0 saturated heterocycles. The Hall–Kier alpha value is -2.35. The molecule has 2 aromatic carbocycles. The van der Waals surface area contributed by atoms with Crippen LogP contribution in [-0.4, -0.2) is 27.5 Å². The maximum absolute atomic E-state index is 11.5. The maximum Gasteiger partial charge on any atom is 0.417 e. The Bertz CT molecular complexity index is 979. The van der Waals surface area contributed by atoms with Crippen molar-refractivity contribution in [1.82, 2.24) is 10.3 Å². The molecule has 3 aromatic rings. The van der Waals surface area contributed by atoms with Crippen molar-refractivity contribution < 1.29 is 12.8 Å². The Labute approximate surface area is 163 Å². The molecule has 0 unspecified atom stereocenters. The Morgan fingerprint density at radius 2 is 1.44 bits per heavy atom. The number of aromatic amines is 1. The average Bonchev–Trinajstić information content (AvgIpc) is 3.06. The van der Waals surface area contributed by atoms with Gasteiger partial charge in [-0.3, -0.25) is 4.98 Å². The van der Waals surface area contributed by atoms with Gasteiger partial charge in [0.15, 0.2) is 5.76 Å². The van der Waals surface area contributed by atoms with Crippen LogP contribution in [0.2, 0.25) is 0 Å². The fraction of sp³-hybridized carbons (Fsp3) is 0.211. The van der Waals surface area contributed by atoms with E-state index in [2.05, 4.69) is 10.3 Å². The van der Waals surface area contributed by atoms with E-state index in [-0.39, 0.29) is 4.90 Å². The fourth-order valence-electron chi connectivity index (χ4n) is 2.11. The van der Waals surface area contributed by atoms with Crippen molar-refractivity contribution in [1.29, 1.82) is 0 Å². The number of H-pyrrole nitrogens is 1. The van der Waals surface area contributed by atoms with Crippen LogP contribution < -0.4 is 11.1 Å². The van der Waals surface area contributed by atoms with Gasteiger partial charge in [0.2, 0.25) is 0 Å². The number of hydrogen-bond donors (Lipinski definition) is 2. The lowest BCUT2D eigenvalue weighted by atomic mass is 10.1. The van der Waals surface area contributed by atoms with Gasteiger partial charge in [-0.05, 0) is 38.4 Å². The Kier molecular flexibility index (Phi) is 9.00. The third kappa shape index (κ3) is 6.39. The molecule has 0 spiro atoms. The highest BCUT2D eigenvalue weighted by molar-refractivity contribution is 8.13. The summed E-state index contributed by atoms with van der Waals surface area (Å²) in [5.41, 5.74) is 1.89. The summed E-state index contributed by atoms with van der Waals surface area (Å²) in [7, 11) is 5.24. The van der Waals surface area contributed by atoms with Crippen LogP contribution in [0.4, 0.5) is 0 Å². The largest absolute Gasteiger partial charge is 0.417 e. The second-order valence-electron chi connectivity index (χ2n) is 5.05. The summed E-state index contributed by atoms with van der Waals surface area (Å²) in [5, 5.41) is 2.75. The number of aromatic nitrogens is 1. The van der Waals surface area contributed by atoms with E-state index in [1.165, 1.54) is 24.3 Å². The van der Waals surface area contributed by atoms with Gasteiger partial charge in [-0.2, -0.15) is 0 Å². The number of halogens is 1. The molecule has 1 aromatic heterocycles. The minimum absolute atomic E-state index is 0.0166. The van der Waals surface area contributed by atoms with Crippen LogP contribution in [-0.2, 0) is 9.05 Å². The van der Waals surface area contributed by atoms with E-state index in [4.69, 9.17) is 15.1 Å². The van der Waals surface area contributed by atoms with E-state index in [9.17, 15) is 13.2 Å². The summed E-state index contributed by atoms with van der Waals surface area (Å²) in [6.07, 6.45) is 0. The lowest BCUT2D eigenvalue weighted by Gasteiger charge is -2.03. The molecule has 3 rings (SSSR count). The van der Waals surface area contributed by atoms with E-state index in [0.29, 0.717) is 17.0 Å². The van der Waals surface area contributed by atoms with E-state index in [1.54, 1.807) is 0 Å². The molecule has 2 N–H and O–H groups in total. The fourth-order valence-corrected chi connectivity index (χ4v) is 2.88. The third-order valence-corrected chi connectivity index (χ3v) is 4.48. The van der Waals surface area contributed by atoms with Gasteiger partial charge >= 0.3 is 5.76 Å². The molecular weight excluding hydrogens is 388 g/mol. The second kappa shape index (κ2) is 10.7. The normalized spacial score (nSPS) is 10.3. The Balaban J connectivity index is 0.000000665. The second-order valence-corrected chi connectivity index (χ2v) is 7.61. The Morgan fingerprint density at radius 3 is 1.93 bits per heavy atom. The van der Waals surface area contributed by atoms with Crippen molar-refractivity contribution in [2.45, 2.75) is 18.7 Å². The summed E-state index contributed by atoms with van der Waals surface area (Å²) in [4.78, 5) is 14.2. The van der Waals surface area contributed by atoms with Gasteiger partial charge in [-0.1, -0.05) is 44.2 Å². The van der Waals surface area contributed by atoms with Crippen molar-refractivity contribution >= 4 is 19.7 Å². The number of rotatable bonds is 3. The first-order valence-electron chi connectivity index (χ1n) is 8.29. The van der Waals surface area contributed by atoms with Crippen molar-refractivity contribution in [3.05, 3.63) is 65.1 Å². The van der Waals surface area contributed by atoms with Crippen molar-refractivity contribution in [3.8, 4) is 22.6 Å². The highest BCUT2D eigenvalue weighted by atomic mass is 35.7. The summed E-state index contributed by atoms with van der Waals surface area (Å²) >= 11 is 0. The molecule has 27 heavy (non-hydrogen) atoms. The summed E-state index contributed by atoms with van der Waals surface area (Å²) < 4.78 is 27.7. The first-order chi connectivity index (χ1) is 12.9. The monoisotopic (exact) mass is 410 g/mol. The minimum Gasteiger partial charge on any atom is -0.407 e. The number of hydrogen-bond acceptors (Lipinski definition) is 5. The Morgan fingerprint density at radius 1 is 0.926 bits per heavy atom. The predicted octanol–water partition coefficient (Wildman–Crippen LogP) is 4.09. The van der Waals surface area contributed by atoms with Crippen LogP contribution in [0.25, 0.3) is 22.6 Å². The molecular formula is C19H23ClN2O4S. The maximum atomic E-state index is 11.5. The molecule has 0 aliphatic carbocycles. The topological polar surface area (TPSA) is 92.2 Å². The van der Waals surface area contributed by atoms with Gasteiger partial charge in [0.1, 0.15) is 0 Å². The molecule has 0 bridgehead atoms. The van der Waals surface area contributed by atoms with E-state index < -0.39 is 14.8 Å². The van der Waals surface area contributed by atoms with E-state index in [0.717, 1.165) is 5.56 Å². The highest BCUT2D eigenvalue weighted by Gasteiger charge is 2.15. The molecule has 0 fully saturated rings. The molecule has 8 heteroatoms. The third-order valence-electron chi connectivity index (χ3n) is 3.11. The van der Waals surface area contributed by atoms with E-state index >= 15 is 0 Å². The molecule has 0 saturated carbocycles. The number of oxazole rings is 1. The summed E-state index contributed by atoms with van der Waals surface area (Å²) in [5.74, 6) is -0.238. The molecule has 0 radical (unpaired) electrons. The number of nitrogens with one attached hydrogen (secondary N) is 2. The molecule has 0 aliphatic heterocycles. The molecule has 6 nitrogen and oxygen atoms in total. The SMILES string of the molecule is CC.CNC.O=c1[nH]c(-c2ccccc2)c(-c2ccc(S(=O)(=O)Cl)cc2)o1.